The topological polar surface area (TPSA) is 43.8 Å². The van der Waals surface area contributed by atoms with Gasteiger partial charge in [0.2, 0.25) is 5.91 Å². The SMILES string of the molecule is O=C(C1CCCCN1Cc1ccccc1)N1CCCC(CO)C1. The van der Waals surface area contributed by atoms with Crippen molar-refractivity contribution in [3.63, 3.8) is 0 Å². The van der Waals surface area contributed by atoms with Gasteiger partial charge >= 0.3 is 0 Å². The van der Waals surface area contributed by atoms with Crippen molar-refractivity contribution in [3.8, 4) is 0 Å². The molecule has 1 aromatic carbocycles. The molecule has 4 heteroatoms. The van der Waals surface area contributed by atoms with Gasteiger partial charge in [0.15, 0.2) is 0 Å². The van der Waals surface area contributed by atoms with Crippen LogP contribution in [0.4, 0.5) is 0 Å². The lowest BCUT2D eigenvalue weighted by Crippen LogP contribution is -2.53. The second-order valence-electron chi connectivity index (χ2n) is 6.94. The van der Waals surface area contributed by atoms with Crippen molar-refractivity contribution < 1.29 is 9.90 Å². The number of hydrogen-bond donors (Lipinski definition) is 1. The molecule has 1 aromatic rings. The Kier molecular flexibility index (Phi) is 5.68. The van der Waals surface area contributed by atoms with Crippen molar-refractivity contribution in [3.05, 3.63) is 35.9 Å². The zero-order valence-electron chi connectivity index (χ0n) is 13.9. The minimum atomic E-state index is 0.0152. The van der Waals surface area contributed by atoms with E-state index >= 15 is 0 Å². The molecule has 2 aliphatic heterocycles. The fourth-order valence-electron chi connectivity index (χ4n) is 3.90. The average molecular weight is 316 g/mol. The molecule has 2 fully saturated rings. The molecule has 23 heavy (non-hydrogen) atoms. The maximum absolute atomic E-state index is 13.0. The first kappa shape index (κ1) is 16.5. The molecule has 0 spiro atoms. The smallest absolute Gasteiger partial charge is 0.239 e. The third kappa shape index (κ3) is 4.12. The van der Waals surface area contributed by atoms with Crippen LogP contribution in [0.3, 0.4) is 0 Å². The van der Waals surface area contributed by atoms with Crippen LogP contribution < -0.4 is 0 Å². The number of carbonyl (C=O) groups is 1. The zero-order chi connectivity index (χ0) is 16.1. The maximum Gasteiger partial charge on any atom is 0.239 e. The number of benzene rings is 1. The van der Waals surface area contributed by atoms with Gasteiger partial charge in [0, 0.05) is 26.2 Å². The minimum Gasteiger partial charge on any atom is -0.396 e. The van der Waals surface area contributed by atoms with Crippen molar-refractivity contribution in [2.75, 3.05) is 26.2 Å². The van der Waals surface area contributed by atoms with Crippen LogP contribution in [0.5, 0.6) is 0 Å². The van der Waals surface area contributed by atoms with Gasteiger partial charge in [0.05, 0.1) is 6.04 Å². The van der Waals surface area contributed by atoms with E-state index in [0.29, 0.717) is 0 Å². The van der Waals surface area contributed by atoms with Gasteiger partial charge in [-0.25, -0.2) is 0 Å². The normalized spacial score (nSPS) is 26.2. The summed E-state index contributed by atoms with van der Waals surface area (Å²) in [6.07, 6.45) is 5.34. The molecule has 0 aliphatic carbocycles. The molecule has 0 bridgehead atoms. The lowest BCUT2D eigenvalue weighted by molar-refractivity contribution is -0.140. The predicted molar refractivity (Wildman–Crippen MR) is 90.9 cm³/mol. The Morgan fingerprint density at radius 3 is 2.70 bits per heavy atom. The van der Waals surface area contributed by atoms with Gasteiger partial charge in [-0.1, -0.05) is 36.8 Å². The largest absolute Gasteiger partial charge is 0.396 e. The third-order valence-electron chi connectivity index (χ3n) is 5.22. The highest BCUT2D eigenvalue weighted by Gasteiger charge is 2.33. The van der Waals surface area contributed by atoms with E-state index in [-0.39, 0.29) is 24.5 Å². The summed E-state index contributed by atoms with van der Waals surface area (Å²) in [6.45, 7) is 3.63. The van der Waals surface area contributed by atoms with Gasteiger partial charge in [0.25, 0.3) is 0 Å². The average Bonchev–Trinajstić information content (AvgIpc) is 2.62. The number of aliphatic hydroxyl groups excluding tert-OH is 1. The number of aliphatic hydroxyl groups is 1. The molecule has 2 aliphatic rings. The summed E-state index contributed by atoms with van der Waals surface area (Å²) < 4.78 is 0. The Labute approximate surface area is 139 Å². The van der Waals surface area contributed by atoms with Crippen LogP contribution >= 0.6 is 0 Å². The van der Waals surface area contributed by atoms with Crippen LogP contribution in [0, 0.1) is 5.92 Å². The van der Waals surface area contributed by atoms with E-state index in [1.54, 1.807) is 0 Å². The van der Waals surface area contributed by atoms with Gasteiger partial charge in [-0.2, -0.15) is 0 Å². The van der Waals surface area contributed by atoms with E-state index in [2.05, 4.69) is 29.2 Å². The van der Waals surface area contributed by atoms with Crippen molar-refractivity contribution in [2.24, 2.45) is 5.92 Å². The van der Waals surface area contributed by atoms with Crippen LogP contribution in [-0.4, -0.2) is 53.1 Å². The molecular weight excluding hydrogens is 288 g/mol. The molecule has 2 heterocycles. The summed E-state index contributed by atoms with van der Waals surface area (Å²) in [6, 6.07) is 10.4. The highest BCUT2D eigenvalue weighted by molar-refractivity contribution is 5.82. The van der Waals surface area contributed by atoms with Crippen LogP contribution in [0.25, 0.3) is 0 Å². The molecule has 0 radical (unpaired) electrons. The Hall–Kier alpha value is -1.39. The van der Waals surface area contributed by atoms with Gasteiger partial charge in [-0.05, 0) is 43.7 Å². The maximum atomic E-state index is 13.0. The van der Waals surface area contributed by atoms with Crippen LogP contribution in [0.1, 0.15) is 37.7 Å². The van der Waals surface area contributed by atoms with Crippen molar-refractivity contribution >= 4 is 5.91 Å². The summed E-state index contributed by atoms with van der Waals surface area (Å²) in [7, 11) is 0. The number of carbonyl (C=O) groups excluding carboxylic acids is 1. The summed E-state index contributed by atoms with van der Waals surface area (Å²) in [4.78, 5) is 17.4. The second-order valence-corrected chi connectivity index (χ2v) is 6.94. The predicted octanol–water partition coefficient (Wildman–Crippen LogP) is 2.27. The second kappa shape index (κ2) is 7.93. The third-order valence-corrected chi connectivity index (χ3v) is 5.22. The number of likely N-dealkylation sites (tertiary alicyclic amines) is 2. The van der Waals surface area contributed by atoms with E-state index < -0.39 is 0 Å². The Morgan fingerprint density at radius 1 is 1.09 bits per heavy atom. The molecule has 2 unspecified atom stereocenters. The molecule has 1 N–H and O–H groups in total. The van der Waals surface area contributed by atoms with Crippen LogP contribution in [0.2, 0.25) is 0 Å². The van der Waals surface area contributed by atoms with Gasteiger partial charge in [-0.15, -0.1) is 0 Å². The first-order chi connectivity index (χ1) is 11.3. The van der Waals surface area contributed by atoms with Crippen LogP contribution in [-0.2, 0) is 11.3 Å². The molecule has 126 valence electrons. The highest BCUT2D eigenvalue weighted by atomic mass is 16.3. The summed E-state index contributed by atoms with van der Waals surface area (Å²) in [5.41, 5.74) is 1.28. The number of rotatable bonds is 4. The molecule has 2 saturated heterocycles. The highest BCUT2D eigenvalue weighted by Crippen LogP contribution is 2.24. The Balaban J connectivity index is 1.66. The fraction of sp³-hybridized carbons (Fsp3) is 0.632. The fourth-order valence-corrected chi connectivity index (χ4v) is 3.90. The first-order valence-electron chi connectivity index (χ1n) is 8.95. The van der Waals surface area contributed by atoms with E-state index in [1.807, 2.05) is 11.0 Å². The van der Waals surface area contributed by atoms with Crippen molar-refractivity contribution in [1.29, 1.82) is 0 Å². The zero-order valence-corrected chi connectivity index (χ0v) is 13.9. The van der Waals surface area contributed by atoms with Crippen LogP contribution in [0.15, 0.2) is 30.3 Å². The molecule has 3 rings (SSSR count). The standard InChI is InChI=1S/C19H28N2O2/c22-15-17-9-6-12-21(14-17)19(23)18-10-4-5-11-20(18)13-16-7-2-1-3-8-16/h1-3,7-8,17-18,22H,4-6,9-15H2. The molecule has 0 saturated carbocycles. The van der Waals surface area contributed by atoms with E-state index in [9.17, 15) is 9.90 Å². The summed E-state index contributed by atoms with van der Waals surface area (Å²) in [5.74, 6) is 0.539. The molecular formula is C19H28N2O2. The van der Waals surface area contributed by atoms with Crippen molar-refractivity contribution in [1.82, 2.24) is 9.80 Å². The van der Waals surface area contributed by atoms with Crippen molar-refractivity contribution in [2.45, 2.75) is 44.7 Å². The number of piperidine rings is 2. The number of hydrogen-bond acceptors (Lipinski definition) is 3. The lowest BCUT2D eigenvalue weighted by atomic mass is 9.95. The first-order valence-corrected chi connectivity index (χ1v) is 8.95. The van der Waals surface area contributed by atoms with Gasteiger partial charge < -0.3 is 10.0 Å². The summed E-state index contributed by atoms with van der Waals surface area (Å²) >= 11 is 0. The molecule has 4 nitrogen and oxygen atoms in total. The number of amides is 1. The Bertz CT molecular complexity index is 505. The van der Waals surface area contributed by atoms with Gasteiger partial charge in [0.1, 0.15) is 0 Å². The van der Waals surface area contributed by atoms with E-state index in [4.69, 9.17) is 0 Å². The molecule has 1 amide bonds. The van der Waals surface area contributed by atoms with E-state index in [1.165, 1.54) is 12.0 Å². The van der Waals surface area contributed by atoms with Gasteiger partial charge in [-0.3, -0.25) is 9.69 Å². The minimum absolute atomic E-state index is 0.0152. The monoisotopic (exact) mass is 316 g/mol. The Morgan fingerprint density at radius 2 is 1.91 bits per heavy atom. The number of nitrogens with zero attached hydrogens (tertiary/aromatic N) is 2. The quantitative estimate of drug-likeness (QED) is 0.927. The molecule has 2 atom stereocenters. The molecule has 0 aromatic heterocycles. The summed E-state index contributed by atoms with van der Waals surface area (Å²) in [5, 5.41) is 9.40. The lowest BCUT2D eigenvalue weighted by Gasteiger charge is -2.40. The van der Waals surface area contributed by atoms with E-state index in [0.717, 1.165) is 51.9 Å².